The van der Waals surface area contributed by atoms with Gasteiger partial charge in [-0.25, -0.2) is 8.42 Å². The Balaban J connectivity index is 2.31. The quantitative estimate of drug-likeness (QED) is 0.554. The van der Waals surface area contributed by atoms with Gasteiger partial charge in [-0.1, -0.05) is 0 Å². The van der Waals surface area contributed by atoms with Crippen molar-refractivity contribution in [3.05, 3.63) is 24.3 Å². The first-order valence-electron chi connectivity index (χ1n) is 5.29. The number of hydrogen-bond donors (Lipinski definition) is 2. The molecular formula is C11H15NO5S. The molecule has 0 heterocycles. The van der Waals surface area contributed by atoms with Crippen molar-refractivity contribution >= 4 is 21.5 Å². The van der Waals surface area contributed by atoms with Gasteiger partial charge in [-0.15, -0.1) is 0 Å². The van der Waals surface area contributed by atoms with E-state index in [4.69, 9.17) is 15.6 Å². The molecule has 0 bridgehead atoms. The maximum Gasteiger partial charge on any atom is 0.318 e. The molecule has 1 rings (SSSR count). The number of carboxylic acids is 1. The fraction of sp³-hybridized carbons (Fsp3) is 0.364. The average molecular weight is 273 g/mol. The Labute approximate surface area is 105 Å². The average Bonchev–Trinajstić information content (AvgIpc) is 2.25. The van der Waals surface area contributed by atoms with Gasteiger partial charge in [0.05, 0.1) is 12.4 Å². The monoisotopic (exact) mass is 273 g/mol. The standard InChI is InChI=1S/C11H15NO5S/c12-9-2-4-10(5-3-9)17-6-1-7-18(15,16)8-11(13)14/h2-5H,1,6-8,12H2,(H,13,14). The summed E-state index contributed by atoms with van der Waals surface area (Å²) in [6, 6.07) is 6.72. The molecule has 1 aromatic rings. The first-order chi connectivity index (χ1) is 8.39. The van der Waals surface area contributed by atoms with Crippen LogP contribution in [0.5, 0.6) is 5.75 Å². The van der Waals surface area contributed by atoms with Crippen LogP contribution in [0.25, 0.3) is 0 Å². The van der Waals surface area contributed by atoms with Crippen molar-refractivity contribution in [3.8, 4) is 5.75 Å². The van der Waals surface area contributed by atoms with Crippen molar-refractivity contribution in [3.63, 3.8) is 0 Å². The number of nitrogen functional groups attached to an aromatic ring is 1. The van der Waals surface area contributed by atoms with E-state index in [1.165, 1.54) is 0 Å². The van der Waals surface area contributed by atoms with Gasteiger partial charge in [0.2, 0.25) is 0 Å². The molecule has 0 radical (unpaired) electrons. The molecule has 0 aliphatic heterocycles. The van der Waals surface area contributed by atoms with Gasteiger partial charge in [0.15, 0.2) is 9.84 Å². The third-order valence-corrected chi connectivity index (χ3v) is 3.69. The summed E-state index contributed by atoms with van der Waals surface area (Å²) < 4.78 is 27.8. The summed E-state index contributed by atoms with van der Waals surface area (Å²) in [5, 5.41) is 8.39. The van der Waals surface area contributed by atoms with Crippen LogP contribution < -0.4 is 10.5 Å². The molecule has 0 aliphatic rings. The number of benzene rings is 1. The fourth-order valence-electron chi connectivity index (χ4n) is 1.29. The highest BCUT2D eigenvalue weighted by Crippen LogP contribution is 2.13. The molecule has 0 saturated heterocycles. The molecule has 100 valence electrons. The van der Waals surface area contributed by atoms with Crippen molar-refractivity contribution in [1.29, 1.82) is 0 Å². The van der Waals surface area contributed by atoms with E-state index in [9.17, 15) is 13.2 Å². The largest absolute Gasteiger partial charge is 0.494 e. The van der Waals surface area contributed by atoms with Gasteiger partial charge in [0.25, 0.3) is 0 Å². The minimum absolute atomic E-state index is 0.200. The number of anilines is 1. The van der Waals surface area contributed by atoms with E-state index in [1.807, 2.05) is 0 Å². The molecular weight excluding hydrogens is 258 g/mol. The van der Waals surface area contributed by atoms with Crippen molar-refractivity contribution in [2.45, 2.75) is 6.42 Å². The number of sulfone groups is 1. The Morgan fingerprint density at radius 3 is 2.44 bits per heavy atom. The molecule has 0 saturated carbocycles. The smallest absolute Gasteiger partial charge is 0.318 e. The van der Waals surface area contributed by atoms with Crippen LogP contribution >= 0.6 is 0 Å². The summed E-state index contributed by atoms with van der Waals surface area (Å²) in [5.41, 5.74) is 6.11. The summed E-state index contributed by atoms with van der Waals surface area (Å²) in [6.45, 7) is 0.211. The third-order valence-electron chi connectivity index (χ3n) is 2.09. The second-order valence-corrected chi connectivity index (χ2v) is 5.94. The molecule has 3 N–H and O–H groups in total. The van der Waals surface area contributed by atoms with E-state index < -0.39 is 21.6 Å². The lowest BCUT2D eigenvalue weighted by molar-refractivity contribution is -0.134. The number of rotatable bonds is 7. The lowest BCUT2D eigenvalue weighted by Gasteiger charge is -2.06. The van der Waals surface area contributed by atoms with E-state index in [1.54, 1.807) is 24.3 Å². The zero-order valence-electron chi connectivity index (χ0n) is 9.70. The molecule has 0 spiro atoms. The van der Waals surface area contributed by atoms with Crippen LogP contribution in [0.3, 0.4) is 0 Å². The Bertz CT molecular complexity index is 495. The molecule has 0 amide bonds. The highest BCUT2D eigenvalue weighted by molar-refractivity contribution is 7.92. The topological polar surface area (TPSA) is 107 Å². The fourth-order valence-corrected chi connectivity index (χ4v) is 2.37. The first kappa shape index (κ1) is 14.3. The SMILES string of the molecule is Nc1ccc(OCCCS(=O)(=O)CC(=O)O)cc1. The van der Waals surface area contributed by atoms with E-state index in [0.29, 0.717) is 11.4 Å². The van der Waals surface area contributed by atoms with Crippen LogP contribution in [-0.2, 0) is 14.6 Å². The lowest BCUT2D eigenvalue weighted by Crippen LogP contribution is -2.19. The minimum atomic E-state index is -3.54. The van der Waals surface area contributed by atoms with Crippen molar-refractivity contribution in [2.24, 2.45) is 0 Å². The van der Waals surface area contributed by atoms with Crippen LogP contribution in [0.2, 0.25) is 0 Å². The Hall–Kier alpha value is -1.76. The number of hydrogen-bond acceptors (Lipinski definition) is 5. The molecule has 0 aliphatic carbocycles. The lowest BCUT2D eigenvalue weighted by atomic mass is 10.3. The van der Waals surface area contributed by atoms with Gasteiger partial charge in [0, 0.05) is 5.69 Å². The zero-order valence-corrected chi connectivity index (χ0v) is 10.5. The van der Waals surface area contributed by atoms with Crippen molar-refractivity contribution in [1.82, 2.24) is 0 Å². The molecule has 6 nitrogen and oxygen atoms in total. The van der Waals surface area contributed by atoms with Crippen LogP contribution in [-0.4, -0.2) is 37.6 Å². The van der Waals surface area contributed by atoms with E-state index >= 15 is 0 Å². The highest BCUT2D eigenvalue weighted by atomic mass is 32.2. The first-order valence-corrected chi connectivity index (χ1v) is 7.12. The molecule has 7 heteroatoms. The number of nitrogens with two attached hydrogens (primary N) is 1. The Morgan fingerprint density at radius 2 is 1.89 bits per heavy atom. The van der Waals surface area contributed by atoms with E-state index in [-0.39, 0.29) is 18.8 Å². The summed E-state index contributed by atoms with van der Waals surface area (Å²) in [5.74, 6) is -1.78. The van der Waals surface area contributed by atoms with Crippen LogP contribution in [0.4, 0.5) is 5.69 Å². The van der Waals surface area contributed by atoms with Gasteiger partial charge < -0.3 is 15.6 Å². The Kier molecular flexibility index (Phi) is 4.96. The van der Waals surface area contributed by atoms with Crippen LogP contribution in [0, 0.1) is 0 Å². The molecule has 0 aromatic heterocycles. The third kappa shape index (κ3) is 5.53. The number of ether oxygens (including phenoxy) is 1. The minimum Gasteiger partial charge on any atom is -0.494 e. The summed E-state index contributed by atoms with van der Waals surface area (Å²) in [7, 11) is -3.54. The summed E-state index contributed by atoms with van der Waals surface area (Å²) in [6.07, 6.45) is 0.250. The molecule has 0 atom stereocenters. The maximum absolute atomic E-state index is 11.2. The number of aliphatic carboxylic acids is 1. The Morgan fingerprint density at radius 1 is 1.28 bits per heavy atom. The predicted octanol–water partition coefficient (Wildman–Crippen LogP) is 0.537. The molecule has 0 fully saturated rings. The van der Waals surface area contributed by atoms with Crippen molar-refractivity contribution < 1.29 is 23.1 Å². The van der Waals surface area contributed by atoms with Gasteiger partial charge in [-0.2, -0.15) is 0 Å². The van der Waals surface area contributed by atoms with Gasteiger partial charge in [0.1, 0.15) is 11.5 Å². The second-order valence-electron chi connectivity index (χ2n) is 3.76. The van der Waals surface area contributed by atoms with Crippen LogP contribution in [0.15, 0.2) is 24.3 Å². The number of carbonyl (C=O) groups is 1. The number of carboxylic acid groups (broad SMARTS) is 1. The second kappa shape index (κ2) is 6.25. The molecule has 0 unspecified atom stereocenters. The summed E-state index contributed by atoms with van der Waals surface area (Å²) >= 11 is 0. The summed E-state index contributed by atoms with van der Waals surface area (Å²) in [4.78, 5) is 10.3. The zero-order chi connectivity index (χ0) is 13.6. The van der Waals surface area contributed by atoms with Gasteiger partial charge in [-0.3, -0.25) is 4.79 Å². The van der Waals surface area contributed by atoms with Crippen molar-refractivity contribution in [2.75, 3.05) is 23.8 Å². The van der Waals surface area contributed by atoms with Gasteiger partial charge >= 0.3 is 5.97 Å². The molecule has 1 aromatic carbocycles. The normalized spacial score (nSPS) is 11.1. The van der Waals surface area contributed by atoms with E-state index in [0.717, 1.165) is 0 Å². The highest BCUT2D eigenvalue weighted by Gasteiger charge is 2.15. The van der Waals surface area contributed by atoms with Gasteiger partial charge in [-0.05, 0) is 30.7 Å². The maximum atomic E-state index is 11.2. The van der Waals surface area contributed by atoms with Crippen LogP contribution in [0.1, 0.15) is 6.42 Å². The van der Waals surface area contributed by atoms with E-state index in [2.05, 4.69) is 0 Å². The predicted molar refractivity (Wildman–Crippen MR) is 67.3 cm³/mol. The molecule has 18 heavy (non-hydrogen) atoms.